The second-order valence-corrected chi connectivity index (χ2v) is 7.49. The van der Waals surface area contributed by atoms with Crippen molar-refractivity contribution >= 4 is 29.2 Å². The van der Waals surface area contributed by atoms with Crippen molar-refractivity contribution in [1.29, 1.82) is 0 Å². The van der Waals surface area contributed by atoms with Gasteiger partial charge in [-0.2, -0.15) is 0 Å². The van der Waals surface area contributed by atoms with E-state index in [0.29, 0.717) is 0 Å². The highest BCUT2D eigenvalue weighted by atomic mass is 16.3. The van der Waals surface area contributed by atoms with Crippen LogP contribution in [0.4, 0.5) is 5.69 Å². The van der Waals surface area contributed by atoms with E-state index in [1.54, 1.807) is 0 Å². The normalized spacial score (nSPS) is 12.6. The first-order valence-corrected chi connectivity index (χ1v) is 10.1. The Bertz CT molecular complexity index is 1170. The van der Waals surface area contributed by atoms with Gasteiger partial charge in [0.25, 0.3) is 0 Å². The van der Waals surface area contributed by atoms with Gasteiger partial charge in [0, 0.05) is 24.4 Å². The van der Waals surface area contributed by atoms with Crippen LogP contribution < -0.4 is 0 Å². The molecule has 3 aromatic carbocycles. The average Bonchev–Trinajstić information content (AvgIpc) is 3.50. The molecule has 2 aliphatic heterocycles. The fourth-order valence-electron chi connectivity index (χ4n) is 3.63. The number of aliphatic imine (C=N–C) groups is 2. The summed E-state index contributed by atoms with van der Waals surface area (Å²) < 4.78 is 5.09. The Labute approximate surface area is 177 Å². The van der Waals surface area contributed by atoms with Gasteiger partial charge in [0.2, 0.25) is 0 Å². The molecule has 4 aromatic rings. The summed E-state index contributed by atoms with van der Waals surface area (Å²) in [4.78, 5) is 12.5. The summed E-state index contributed by atoms with van der Waals surface area (Å²) in [5, 5.41) is 0. The number of oxazole rings is 1. The predicted octanol–water partition coefficient (Wildman–Crippen LogP) is 6.32. The molecule has 0 N–H and O–H groups in total. The van der Waals surface area contributed by atoms with E-state index in [4.69, 9.17) is 4.42 Å². The lowest BCUT2D eigenvalue weighted by Gasteiger charge is -1.98. The summed E-state index contributed by atoms with van der Waals surface area (Å²) in [6.07, 6.45) is 6.41. The summed E-state index contributed by atoms with van der Waals surface area (Å²) in [7, 11) is 0. The van der Waals surface area contributed by atoms with Gasteiger partial charge in [-0.15, -0.1) is 0 Å². The molecule has 0 saturated heterocycles. The van der Waals surface area contributed by atoms with Crippen molar-refractivity contribution in [3.05, 3.63) is 94.4 Å². The Morgan fingerprint density at radius 2 is 1.53 bits per heavy atom. The van der Waals surface area contributed by atoms with Gasteiger partial charge in [-0.25, -0.2) is 4.98 Å². The summed E-state index contributed by atoms with van der Waals surface area (Å²) in [6, 6.07) is 18.6. The minimum absolute atomic E-state index is 0.861. The third kappa shape index (κ3) is 4.23. The van der Waals surface area contributed by atoms with Crippen molar-refractivity contribution in [2.24, 2.45) is 9.98 Å². The van der Waals surface area contributed by atoms with Gasteiger partial charge >= 0.3 is 0 Å². The van der Waals surface area contributed by atoms with E-state index < -0.39 is 0 Å². The molecular weight excluding hydrogens is 370 g/mol. The van der Waals surface area contributed by atoms with E-state index in [2.05, 4.69) is 65.2 Å². The van der Waals surface area contributed by atoms with Gasteiger partial charge in [0.15, 0.2) is 12.0 Å². The molecular formula is C26H25N3O. The zero-order valence-corrected chi connectivity index (χ0v) is 17.6. The Morgan fingerprint density at radius 1 is 0.800 bits per heavy atom. The number of rotatable bonds is 0. The molecule has 0 unspecified atom stereocenters. The molecule has 2 aliphatic rings. The zero-order chi connectivity index (χ0) is 20.9. The summed E-state index contributed by atoms with van der Waals surface area (Å²) in [5.41, 5.74) is 10.8. The fourth-order valence-corrected chi connectivity index (χ4v) is 3.63. The van der Waals surface area contributed by atoms with Crippen molar-refractivity contribution in [3.8, 4) is 0 Å². The zero-order valence-electron chi connectivity index (χ0n) is 17.6. The first-order valence-electron chi connectivity index (χ1n) is 10.1. The van der Waals surface area contributed by atoms with Gasteiger partial charge in [0.1, 0.15) is 5.52 Å². The van der Waals surface area contributed by atoms with Crippen molar-refractivity contribution in [2.75, 3.05) is 0 Å². The number of benzene rings is 3. The van der Waals surface area contributed by atoms with E-state index >= 15 is 0 Å². The number of nitrogens with zero attached hydrogens (tertiary/aromatic N) is 3. The number of hydrogen-bond donors (Lipinski definition) is 0. The molecule has 0 radical (unpaired) electrons. The topological polar surface area (TPSA) is 50.8 Å². The number of fused-ring (bicyclic) bond motifs is 3. The quantitative estimate of drug-likeness (QED) is 0.350. The first kappa shape index (κ1) is 19.8. The van der Waals surface area contributed by atoms with E-state index in [1.807, 2.05) is 37.6 Å². The molecule has 0 amide bonds. The van der Waals surface area contributed by atoms with E-state index in [9.17, 15) is 0 Å². The van der Waals surface area contributed by atoms with Crippen LogP contribution >= 0.6 is 0 Å². The lowest BCUT2D eigenvalue weighted by atomic mass is 10.1. The Morgan fingerprint density at radius 3 is 2.30 bits per heavy atom. The van der Waals surface area contributed by atoms with Crippen LogP contribution in [0.1, 0.15) is 33.4 Å². The first-order chi connectivity index (χ1) is 14.6. The fraction of sp³-hybridized carbons (Fsp3) is 0.192. The van der Waals surface area contributed by atoms with E-state index in [1.165, 1.54) is 39.9 Å². The predicted molar refractivity (Wildman–Crippen MR) is 124 cm³/mol. The molecule has 0 aliphatic carbocycles. The molecule has 0 saturated carbocycles. The van der Waals surface area contributed by atoms with Gasteiger partial charge in [-0.3, -0.25) is 9.98 Å². The van der Waals surface area contributed by atoms with Crippen LogP contribution in [-0.4, -0.2) is 17.4 Å². The summed E-state index contributed by atoms with van der Waals surface area (Å²) in [5.74, 6) is 0. The molecule has 0 atom stereocenters. The number of hydrogen-bond acceptors (Lipinski definition) is 4. The second-order valence-electron chi connectivity index (χ2n) is 7.49. The molecule has 4 nitrogen and oxygen atoms in total. The minimum atomic E-state index is 0.861. The van der Waals surface area contributed by atoms with Crippen LogP contribution in [0.15, 0.2) is 75.4 Å². The average molecular weight is 396 g/mol. The lowest BCUT2D eigenvalue weighted by molar-refractivity contribution is 0.602. The van der Waals surface area contributed by atoms with Crippen LogP contribution in [0.2, 0.25) is 0 Å². The highest BCUT2D eigenvalue weighted by molar-refractivity contribution is 5.86. The smallest absolute Gasteiger partial charge is 0.181 e. The van der Waals surface area contributed by atoms with Crippen LogP contribution in [0.5, 0.6) is 0 Å². The Balaban J connectivity index is 0.000000109. The molecule has 0 fully saturated rings. The van der Waals surface area contributed by atoms with Crippen LogP contribution in [0.25, 0.3) is 11.1 Å². The van der Waals surface area contributed by atoms with Crippen molar-refractivity contribution in [2.45, 2.75) is 33.7 Å². The molecule has 30 heavy (non-hydrogen) atoms. The highest BCUT2D eigenvalue weighted by Crippen LogP contribution is 2.27. The molecule has 1 aromatic heterocycles. The van der Waals surface area contributed by atoms with Gasteiger partial charge < -0.3 is 4.42 Å². The second kappa shape index (κ2) is 8.87. The van der Waals surface area contributed by atoms with Crippen LogP contribution in [0.3, 0.4) is 0 Å². The van der Waals surface area contributed by atoms with Gasteiger partial charge in [-0.1, -0.05) is 48.5 Å². The van der Waals surface area contributed by atoms with E-state index in [-0.39, 0.29) is 0 Å². The molecule has 4 heteroatoms. The molecule has 0 bridgehead atoms. The lowest BCUT2D eigenvalue weighted by Crippen LogP contribution is -1.86. The van der Waals surface area contributed by atoms with E-state index in [0.717, 1.165) is 29.6 Å². The maximum Gasteiger partial charge on any atom is 0.181 e. The van der Waals surface area contributed by atoms with Crippen molar-refractivity contribution in [3.63, 3.8) is 0 Å². The number of para-hydroxylation sites is 2. The minimum Gasteiger partial charge on any atom is -0.443 e. The number of aromatic nitrogens is 1. The molecule has 0 spiro atoms. The summed E-state index contributed by atoms with van der Waals surface area (Å²) in [6.45, 7) is 7.11. The summed E-state index contributed by atoms with van der Waals surface area (Å²) >= 11 is 0. The Kier molecular flexibility index (Phi) is 5.84. The van der Waals surface area contributed by atoms with Crippen LogP contribution in [0, 0.1) is 20.8 Å². The standard InChI is InChI=1S/2C9H9N.C8H7NO/c1-7-3-2-4-8-5-10-6-9(7)8;1-7-3-2-4-8-5-6-10-9(7)8;1-6-3-2-4-7-8(6)9-5-10-7/h2*2-4,6H,5H2,1H3;2-5H,1H3. The highest BCUT2D eigenvalue weighted by Gasteiger charge is 2.07. The van der Waals surface area contributed by atoms with Crippen LogP contribution in [-0.2, 0) is 13.0 Å². The largest absolute Gasteiger partial charge is 0.443 e. The van der Waals surface area contributed by atoms with Crippen molar-refractivity contribution < 1.29 is 4.42 Å². The third-order valence-corrected chi connectivity index (χ3v) is 5.31. The molecule has 6 rings (SSSR count). The van der Waals surface area contributed by atoms with Gasteiger partial charge in [0.05, 0.1) is 12.2 Å². The molecule has 3 heterocycles. The maximum atomic E-state index is 5.09. The SMILES string of the molecule is Cc1cccc2c1C=NC2.Cc1cccc2c1N=CC2.Cc1cccc2ocnc12. The Hall–Kier alpha value is -3.53. The third-order valence-electron chi connectivity index (χ3n) is 5.31. The van der Waals surface area contributed by atoms with Gasteiger partial charge in [-0.05, 0) is 54.7 Å². The van der Waals surface area contributed by atoms with Crippen molar-refractivity contribution in [1.82, 2.24) is 4.98 Å². The number of aryl methyl sites for hydroxylation is 3. The maximum absolute atomic E-state index is 5.09. The molecule has 150 valence electrons. The monoisotopic (exact) mass is 395 g/mol.